The Morgan fingerprint density at radius 1 is 1.34 bits per heavy atom. The highest BCUT2D eigenvalue weighted by Gasteiger charge is 2.31. The second-order valence-electron chi connectivity index (χ2n) is 7.57. The highest BCUT2D eigenvalue weighted by Crippen LogP contribution is 2.37. The number of fused-ring (bicyclic) bond motifs is 3. The molecular weight excluding hydrogens is 472 g/mol. The molecule has 0 saturated heterocycles. The summed E-state index contributed by atoms with van der Waals surface area (Å²) in [7, 11) is 0. The minimum atomic E-state index is -0.283. The van der Waals surface area contributed by atoms with E-state index in [4.69, 9.17) is 9.72 Å². The fourth-order valence-electron chi connectivity index (χ4n) is 3.45. The molecule has 0 saturated carbocycles. The normalized spacial score (nSPS) is 15.4. The summed E-state index contributed by atoms with van der Waals surface area (Å²) in [5.41, 5.74) is 1.42. The van der Waals surface area contributed by atoms with Gasteiger partial charge < -0.3 is 4.74 Å². The number of rotatable bonds is 5. The second kappa shape index (κ2) is 7.98. The monoisotopic (exact) mass is 492 g/mol. The Morgan fingerprint density at radius 3 is 2.76 bits per heavy atom. The number of aromatic nitrogens is 2. The first kappa shape index (κ1) is 20.8. The van der Waals surface area contributed by atoms with Gasteiger partial charge in [-0.05, 0) is 38.5 Å². The van der Waals surface area contributed by atoms with Gasteiger partial charge in [0.15, 0.2) is 10.9 Å². The quantitative estimate of drug-likeness (QED) is 0.282. The molecule has 1 aromatic carbocycles. The Bertz CT molecular complexity index is 1150. The molecule has 0 aliphatic carbocycles. The minimum Gasteiger partial charge on any atom is -0.370 e. The summed E-state index contributed by atoms with van der Waals surface area (Å²) < 4.78 is 8.52. The molecule has 0 radical (unpaired) electrons. The molecule has 4 rings (SSSR count). The van der Waals surface area contributed by atoms with E-state index >= 15 is 0 Å². The van der Waals surface area contributed by atoms with E-state index in [-0.39, 0.29) is 22.7 Å². The molecule has 3 heterocycles. The second-order valence-corrected chi connectivity index (χ2v) is 10.5. The maximum atomic E-state index is 13.3. The van der Waals surface area contributed by atoms with E-state index < -0.39 is 0 Å². The molecule has 3 aromatic rings. The number of benzene rings is 1. The van der Waals surface area contributed by atoms with Crippen molar-refractivity contribution >= 4 is 55.0 Å². The Hall–Kier alpha value is -1.48. The number of carbonyl (C=O) groups excluding carboxylic acids is 1. The number of thiophene rings is 1. The molecule has 0 N–H and O–H groups in total. The maximum Gasteiger partial charge on any atom is 0.263 e. The largest absolute Gasteiger partial charge is 0.370 e. The first-order chi connectivity index (χ1) is 13.8. The van der Waals surface area contributed by atoms with Crippen molar-refractivity contribution < 1.29 is 9.53 Å². The van der Waals surface area contributed by atoms with Crippen LogP contribution in [0.2, 0.25) is 0 Å². The number of Topliss-reactive ketones (excluding diaryl/α,β-unsaturated/α-hetero) is 1. The zero-order valence-corrected chi connectivity index (χ0v) is 19.7. The van der Waals surface area contributed by atoms with Gasteiger partial charge in [-0.15, -0.1) is 11.3 Å². The number of carbonyl (C=O) groups is 1. The van der Waals surface area contributed by atoms with E-state index in [1.807, 2.05) is 32.9 Å². The maximum absolute atomic E-state index is 13.3. The van der Waals surface area contributed by atoms with Crippen molar-refractivity contribution in [3.8, 4) is 0 Å². The smallest absolute Gasteiger partial charge is 0.263 e. The third-order valence-electron chi connectivity index (χ3n) is 4.97. The number of ether oxygens (including phenoxy) is 1. The predicted molar refractivity (Wildman–Crippen MR) is 121 cm³/mol. The number of hydrogen-bond donors (Lipinski definition) is 0. The number of hydrogen-bond acceptors (Lipinski definition) is 6. The van der Waals surface area contributed by atoms with Crippen LogP contribution in [0.4, 0.5) is 0 Å². The van der Waals surface area contributed by atoms with Crippen molar-refractivity contribution in [3.63, 3.8) is 0 Å². The average molecular weight is 493 g/mol. The van der Waals surface area contributed by atoms with Crippen LogP contribution in [0.3, 0.4) is 0 Å². The SMILES string of the molecule is CCn1c(SCC(=O)c2ccc(Br)cc2)nc2sc3c(c2c1=O)CC(C)(C)OC3. The van der Waals surface area contributed by atoms with Crippen molar-refractivity contribution in [3.05, 3.63) is 55.1 Å². The highest BCUT2D eigenvalue weighted by molar-refractivity contribution is 9.10. The fourth-order valence-corrected chi connectivity index (χ4v) is 5.81. The van der Waals surface area contributed by atoms with Crippen LogP contribution in [0.25, 0.3) is 10.2 Å². The van der Waals surface area contributed by atoms with Crippen molar-refractivity contribution in [2.24, 2.45) is 0 Å². The van der Waals surface area contributed by atoms with E-state index in [1.165, 1.54) is 23.1 Å². The lowest BCUT2D eigenvalue weighted by atomic mass is 9.94. The van der Waals surface area contributed by atoms with Gasteiger partial charge >= 0.3 is 0 Å². The molecule has 0 unspecified atom stereocenters. The van der Waals surface area contributed by atoms with Crippen molar-refractivity contribution in [1.29, 1.82) is 0 Å². The van der Waals surface area contributed by atoms with Gasteiger partial charge in [0.05, 0.1) is 23.3 Å². The van der Waals surface area contributed by atoms with Gasteiger partial charge in [0.2, 0.25) is 0 Å². The van der Waals surface area contributed by atoms with E-state index in [1.54, 1.807) is 16.7 Å². The van der Waals surface area contributed by atoms with Gasteiger partial charge in [0, 0.05) is 27.9 Å². The fraction of sp³-hybridized carbons (Fsp3) is 0.381. The van der Waals surface area contributed by atoms with Crippen molar-refractivity contribution in [2.45, 2.75) is 51.1 Å². The summed E-state index contributed by atoms with van der Waals surface area (Å²) >= 11 is 6.23. The standard InChI is InChI=1S/C21H21BrN2O3S2/c1-4-24-19(26)17-14-9-21(2,3)27-10-16(14)29-18(17)23-20(24)28-11-15(25)12-5-7-13(22)8-6-12/h5-8H,4,9-11H2,1-3H3. The van der Waals surface area contributed by atoms with E-state index in [9.17, 15) is 9.59 Å². The summed E-state index contributed by atoms with van der Waals surface area (Å²) in [6, 6.07) is 7.30. The minimum absolute atomic E-state index is 0.0140. The average Bonchev–Trinajstić information content (AvgIpc) is 3.03. The lowest BCUT2D eigenvalue weighted by Crippen LogP contribution is -2.32. The van der Waals surface area contributed by atoms with Gasteiger partial charge in [-0.1, -0.05) is 39.8 Å². The van der Waals surface area contributed by atoms with Crippen LogP contribution in [0, 0.1) is 0 Å². The molecule has 8 heteroatoms. The molecule has 5 nitrogen and oxygen atoms in total. The van der Waals surface area contributed by atoms with E-state index in [0.29, 0.717) is 35.7 Å². The molecule has 2 aromatic heterocycles. The molecule has 0 spiro atoms. The number of thioether (sulfide) groups is 1. The van der Waals surface area contributed by atoms with Crippen LogP contribution in [0.1, 0.15) is 41.6 Å². The van der Waals surface area contributed by atoms with E-state index in [0.717, 1.165) is 19.7 Å². The molecule has 0 atom stereocenters. The molecule has 152 valence electrons. The van der Waals surface area contributed by atoms with Gasteiger partial charge in [0.1, 0.15) is 4.83 Å². The zero-order chi connectivity index (χ0) is 20.8. The van der Waals surface area contributed by atoms with Gasteiger partial charge in [-0.2, -0.15) is 0 Å². The van der Waals surface area contributed by atoms with Crippen LogP contribution in [-0.2, 0) is 24.3 Å². The van der Waals surface area contributed by atoms with Crippen LogP contribution < -0.4 is 5.56 Å². The van der Waals surface area contributed by atoms with E-state index in [2.05, 4.69) is 15.9 Å². The number of ketones is 1. The summed E-state index contributed by atoms with van der Waals surface area (Å²) in [5.74, 6) is 0.251. The third-order valence-corrected chi connectivity index (χ3v) is 7.57. The van der Waals surface area contributed by atoms with Gasteiger partial charge in [0.25, 0.3) is 5.56 Å². The lowest BCUT2D eigenvalue weighted by Gasteiger charge is -2.29. The first-order valence-corrected chi connectivity index (χ1v) is 12.0. The molecule has 0 fully saturated rings. The summed E-state index contributed by atoms with van der Waals surface area (Å²) in [5, 5.41) is 1.31. The molecule has 1 aliphatic heterocycles. The zero-order valence-electron chi connectivity index (χ0n) is 16.5. The highest BCUT2D eigenvalue weighted by atomic mass is 79.9. The first-order valence-electron chi connectivity index (χ1n) is 9.39. The summed E-state index contributed by atoms with van der Waals surface area (Å²) in [6.45, 7) is 7.05. The van der Waals surface area contributed by atoms with Crippen LogP contribution in [-0.4, -0.2) is 26.7 Å². The van der Waals surface area contributed by atoms with Crippen molar-refractivity contribution in [1.82, 2.24) is 9.55 Å². The Labute approximate surface area is 185 Å². The van der Waals surface area contributed by atoms with Crippen LogP contribution in [0.15, 0.2) is 38.7 Å². The third kappa shape index (κ3) is 4.08. The number of nitrogens with zero attached hydrogens (tertiary/aromatic N) is 2. The van der Waals surface area contributed by atoms with Crippen LogP contribution >= 0.6 is 39.0 Å². The number of halogens is 1. The van der Waals surface area contributed by atoms with Gasteiger partial charge in [-0.3, -0.25) is 14.2 Å². The van der Waals surface area contributed by atoms with Crippen molar-refractivity contribution in [2.75, 3.05) is 5.75 Å². The Morgan fingerprint density at radius 2 is 2.07 bits per heavy atom. The molecular formula is C21H21BrN2O3S2. The molecule has 0 amide bonds. The molecule has 29 heavy (non-hydrogen) atoms. The lowest BCUT2D eigenvalue weighted by molar-refractivity contribution is -0.0379. The Kier molecular flexibility index (Phi) is 5.72. The predicted octanol–water partition coefficient (Wildman–Crippen LogP) is 5.07. The topological polar surface area (TPSA) is 61.2 Å². The Balaban J connectivity index is 1.67. The van der Waals surface area contributed by atoms with Gasteiger partial charge in [-0.25, -0.2) is 4.98 Å². The molecule has 0 bridgehead atoms. The summed E-state index contributed by atoms with van der Waals surface area (Å²) in [4.78, 5) is 32.4. The summed E-state index contributed by atoms with van der Waals surface area (Å²) in [6.07, 6.45) is 0.706. The van der Waals surface area contributed by atoms with Crippen LogP contribution in [0.5, 0.6) is 0 Å². The molecule has 1 aliphatic rings.